The average molecular weight is 766 g/mol. The van der Waals surface area contributed by atoms with E-state index in [9.17, 15) is 0 Å². The highest BCUT2D eigenvalue weighted by molar-refractivity contribution is 6.22. The van der Waals surface area contributed by atoms with Gasteiger partial charge in [-0.3, -0.25) is 0 Å². The Labute approximate surface area is 349 Å². The molecule has 282 valence electrons. The quantitative estimate of drug-likeness (QED) is 0.153. The van der Waals surface area contributed by atoms with Crippen molar-refractivity contribution in [2.75, 3.05) is 4.90 Å². The monoisotopic (exact) mass is 765 g/mol. The fourth-order valence-corrected chi connectivity index (χ4v) is 8.75. The van der Waals surface area contributed by atoms with Gasteiger partial charge in [0.15, 0.2) is 0 Å². The van der Waals surface area contributed by atoms with E-state index < -0.39 is 0 Å². The van der Waals surface area contributed by atoms with E-state index in [4.69, 9.17) is 4.42 Å². The first-order valence-electron chi connectivity index (χ1n) is 20.5. The lowest BCUT2D eigenvalue weighted by atomic mass is 9.91. The highest BCUT2D eigenvalue weighted by Gasteiger charge is 2.19. The molecule has 2 heteroatoms. The van der Waals surface area contributed by atoms with Gasteiger partial charge in [-0.25, -0.2) is 0 Å². The molecule has 0 radical (unpaired) electrons. The molecule has 0 saturated carbocycles. The van der Waals surface area contributed by atoms with Gasteiger partial charge in [0.1, 0.15) is 11.2 Å². The molecule has 60 heavy (non-hydrogen) atoms. The van der Waals surface area contributed by atoms with Crippen molar-refractivity contribution in [3.63, 3.8) is 0 Å². The lowest BCUT2D eigenvalue weighted by Gasteiger charge is -2.28. The summed E-state index contributed by atoms with van der Waals surface area (Å²) < 4.78 is 6.52. The van der Waals surface area contributed by atoms with Gasteiger partial charge in [-0.1, -0.05) is 182 Å². The summed E-state index contributed by atoms with van der Waals surface area (Å²) in [6.45, 7) is 0. The van der Waals surface area contributed by atoms with Gasteiger partial charge < -0.3 is 9.32 Å². The third-order valence-corrected chi connectivity index (χ3v) is 11.7. The summed E-state index contributed by atoms with van der Waals surface area (Å²) in [5, 5.41) is 4.65. The molecule has 0 aliphatic heterocycles. The molecule has 0 unspecified atom stereocenters. The number of furan rings is 1. The molecule has 0 amide bonds. The van der Waals surface area contributed by atoms with Crippen LogP contribution in [-0.4, -0.2) is 0 Å². The minimum Gasteiger partial charge on any atom is -0.456 e. The number of rotatable bonds is 8. The van der Waals surface area contributed by atoms with E-state index >= 15 is 0 Å². The van der Waals surface area contributed by atoms with Gasteiger partial charge in [0.05, 0.1) is 5.69 Å². The number of anilines is 3. The fourth-order valence-electron chi connectivity index (χ4n) is 8.75. The Kier molecular flexibility index (Phi) is 8.87. The summed E-state index contributed by atoms with van der Waals surface area (Å²) in [6.07, 6.45) is 0. The zero-order chi connectivity index (χ0) is 39.8. The lowest BCUT2D eigenvalue weighted by Crippen LogP contribution is -2.11. The number of para-hydroxylation sites is 2. The molecule has 0 N–H and O–H groups in total. The summed E-state index contributed by atoms with van der Waals surface area (Å²) in [5.74, 6) is 0. The molecule has 10 aromatic carbocycles. The van der Waals surface area contributed by atoms with Crippen LogP contribution in [0.2, 0.25) is 0 Å². The second kappa shape index (κ2) is 15.1. The van der Waals surface area contributed by atoms with Gasteiger partial charge in [-0.05, 0) is 115 Å². The average Bonchev–Trinajstić information content (AvgIpc) is 3.71. The maximum atomic E-state index is 6.52. The second-order valence-corrected chi connectivity index (χ2v) is 15.3. The first-order chi connectivity index (χ1) is 29.7. The van der Waals surface area contributed by atoms with Crippen LogP contribution in [0.3, 0.4) is 0 Å². The van der Waals surface area contributed by atoms with E-state index in [-0.39, 0.29) is 0 Å². The molecule has 0 fully saturated rings. The van der Waals surface area contributed by atoms with Gasteiger partial charge in [0.2, 0.25) is 0 Å². The Morgan fingerprint density at radius 2 is 0.767 bits per heavy atom. The number of fused-ring (bicyclic) bond motifs is 5. The number of hydrogen-bond donors (Lipinski definition) is 0. The zero-order valence-electron chi connectivity index (χ0n) is 32.9. The minimum atomic E-state index is 0.897. The van der Waals surface area contributed by atoms with Crippen LogP contribution < -0.4 is 4.90 Å². The maximum absolute atomic E-state index is 6.52. The fraction of sp³-hybridized carbons (Fsp3) is 0. The van der Waals surface area contributed by atoms with Crippen LogP contribution in [-0.2, 0) is 0 Å². The van der Waals surface area contributed by atoms with E-state index in [2.05, 4.69) is 235 Å². The predicted molar refractivity (Wildman–Crippen MR) is 253 cm³/mol. The SMILES string of the molecule is c1ccc(-c2ccc(N(c3ccc(-c4ccc5c(c4)c(-c4cccc(-c6ccccc6)c4)cc4oc6ccccc6c45)cc3)c3ccccc3-c3ccccc3)cc2)cc1. The molecule has 0 aliphatic rings. The van der Waals surface area contributed by atoms with Crippen LogP contribution in [0.4, 0.5) is 17.1 Å². The van der Waals surface area contributed by atoms with E-state index in [1.807, 2.05) is 6.07 Å². The molecule has 11 rings (SSSR count). The third kappa shape index (κ3) is 6.41. The standard InChI is InChI=1S/C58H39NO/c1-4-15-40(16-5-1)42-27-32-48(33-28-42)59(55-25-12-10-23-50(55)44-19-8-3-9-20-44)49-34-29-43(30-35-49)46-31-36-51-54(38-46)53(39-57-58(51)52-24-11-13-26-56(52)60-57)47-22-14-21-45(37-47)41-17-6-2-7-18-41/h1-39H. The third-order valence-electron chi connectivity index (χ3n) is 11.7. The molecule has 2 nitrogen and oxygen atoms in total. The number of hydrogen-bond acceptors (Lipinski definition) is 2. The summed E-state index contributed by atoms with van der Waals surface area (Å²) in [4.78, 5) is 2.37. The van der Waals surface area contributed by atoms with Gasteiger partial charge in [0.25, 0.3) is 0 Å². The Morgan fingerprint density at radius 3 is 1.47 bits per heavy atom. The van der Waals surface area contributed by atoms with Crippen molar-refractivity contribution in [1.29, 1.82) is 0 Å². The Balaban J connectivity index is 1.04. The van der Waals surface area contributed by atoms with Crippen LogP contribution in [0.5, 0.6) is 0 Å². The molecule has 0 saturated heterocycles. The summed E-state index contributed by atoms with van der Waals surface area (Å²) >= 11 is 0. The summed E-state index contributed by atoms with van der Waals surface area (Å²) in [5.41, 5.74) is 16.8. The molecule has 0 bridgehead atoms. The largest absolute Gasteiger partial charge is 0.456 e. The van der Waals surface area contributed by atoms with Crippen LogP contribution in [0.1, 0.15) is 0 Å². The highest BCUT2D eigenvalue weighted by atomic mass is 16.3. The second-order valence-electron chi connectivity index (χ2n) is 15.3. The highest BCUT2D eigenvalue weighted by Crippen LogP contribution is 2.44. The van der Waals surface area contributed by atoms with E-state index in [0.717, 1.165) is 61.3 Å². The molecule has 11 aromatic rings. The molecular formula is C58H39NO. The first-order valence-corrected chi connectivity index (χ1v) is 20.5. The van der Waals surface area contributed by atoms with Crippen molar-refractivity contribution in [3.8, 4) is 55.6 Å². The summed E-state index contributed by atoms with van der Waals surface area (Å²) in [6, 6.07) is 84.8. The smallest absolute Gasteiger partial charge is 0.136 e. The topological polar surface area (TPSA) is 16.4 Å². The molecular weight excluding hydrogens is 727 g/mol. The lowest BCUT2D eigenvalue weighted by molar-refractivity contribution is 0.669. The first kappa shape index (κ1) is 35.2. The Bertz CT molecular complexity index is 3280. The molecule has 1 heterocycles. The molecule has 1 aromatic heterocycles. The van der Waals surface area contributed by atoms with Gasteiger partial charge in [-0.2, -0.15) is 0 Å². The van der Waals surface area contributed by atoms with Crippen molar-refractivity contribution < 1.29 is 4.42 Å². The summed E-state index contributed by atoms with van der Waals surface area (Å²) in [7, 11) is 0. The molecule has 0 spiro atoms. The zero-order valence-corrected chi connectivity index (χ0v) is 32.9. The molecule has 0 aliphatic carbocycles. The number of benzene rings is 10. The van der Waals surface area contributed by atoms with Gasteiger partial charge in [0, 0.05) is 27.7 Å². The van der Waals surface area contributed by atoms with Crippen molar-refractivity contribution in [1.82, 2.24) is 0 Å². The van der Waals surface area contributed by atoms with Crippen LogP contribution in [0, 0.1) is 0 Å². The van der Waals surface area contributed by atoms with Crippen molar-refractivity contribution in [2.24, 2.45) is 0 Å². The van der Waals surface area contributed by atoms with Gasteiger partial charge in [-0.15, -0.1) is 0 Å². The van der Waals surface area contributed by atoms with Crippen molar-refractivity contribution in [2.45, 2.75) is 0 Å². The Hall–Kier alpha value is -7.94. The normalized spacial score (nSPS) is 11.3. The van der Waals surface area contributed by atoms with Crippen molar-refractivity contribution >= 4 is 49.8 Å². The Morgan fingerprint density at radius 1 is 0.267 bits per heavy atom. The maximum Gasteiger partial charge on any atom is 0.136 e. The van der Waals surface area contributed by atoms with Crippen LogP contribution in [0.15, 0.2) is 241 Å². The minimum absolute atomic E-state index is 0.897. The van der Waals surface area contributed by atoms with Crippen molar-refractivity contribution in [3.05, 3.63) is 237 Å². The van der Waals surface area contributed by atoms with Crippen LogP contribution >= 0.6 is 0 Å². The van der Waals surface area contributed by atoms with E-state index in [0.29, 0.717) is 0 Å². The number of nitrogens with zero attached hydrogens (tertiary/aromatic N) is 1. The van der Waals surface area contributed by atoms with E-state index in [1.165, 1.54) is 44.2 Å². The van der Waals surface area contributed by atoms with Crippen LogP contribution in [0.25, 0.3) is 88.3 Å². The van der Waals surface area contributed by atoms with Gasteiger partial charge >= 0.3 is 0 Å². The molecule has 0 atom stereocenters. The predicted octanol–water partition coefficient (Wildman–Crippen LogP) is 16.5. The van der Waals surface area contributed by atoms with E-state index in [1.54, 1.807) is 0 Å².